The first-order chi connectivity index (χ1) is 8.11. The molecule has 1 heterocycles. The second-order valence-corrected chi connectivity index (χ2v) is 4.45. The molecule has 0 aliphatic carbocycles. The van der Waals surface area contributed by atoms with Gasteiger partial charge in [0, 0.05) is 4.47 Å². The third kappa shape index (κ3) is 2.53. The lowest BCUT2D eigenvalue weighted by Crippen LogP contribution is -2.10. The third-order valence-corrected chi connectivity index (χ3v) is 3.03. The van der Waals surface area contributed by atoms with E-state index in [1.54, 1.807) is 6.07 Å². The summed E-state index contributed by atoms with van der Waals surface area (Å²) in [5.74, 6) is 0.458. The Morgan fingerprint density at radius 1 is 1.53 bits per heavy atom. The minimum Gasteiger partial charge on any atom is -0.334 e. The lowest BCUT2D eigenvalue weighted by Gasteiger charge is -2.00. The van der Waals surface area contributed by atoms with E-state index in [4.69, 9.17) is 10.3 Å². The summed E-state index contributed by atoms with van der Waals surface area (Å²) in [5, 5.41) is 3.80. The fourth-order valence-corrected chi connectivity index (χ4v) is 1.86. The molecular formula is C11H11BrFN3O. The Kier molecular flexibility index (Phi) is 3.54. The van der Waals surface area contributed by atoms with Crippen molar-refractivity contribution in [3.63, 3.8) is 0 Å². The molecule has 0 saturated carbocycles. The van der Waals surface area contributed by atoms with Crippen LogP contribution in [0.1, 0.15) is 25.2 Å². The van der Waals surface area contributed by atoms with Crippen molar-refractivity contribution in [2.45, 2.75) is 19.4 Å². The van der Waals surface area contributed by atoms with Crippen molar-refractivity contribution < 1.29 is 8.91 Å². The summed E-state index contributed by atoms with van der Waals surface area (Å²) < 4.78 is 18.6. The van der Waals surface area contributed by atoms with Gasteiger partial charge in [-0.25, -0.2) is 4.39 Å². The zero-order valence-corrected chi connectivity index (χ0v) is 10.7. The zero-order valence-electron chi connectivity index (χ0n) is 9.15. The summed E-state index contributed by atoms with van der Waals surface area (Å²) in [6, 6.07) is 4.02. The molecule has 0 radical (unpaired) electrons. The Bertz CT molecular complexity index is 529. The van der Waals surface area contributed by atoms with E-state index < -0.39 is 0 Å². The number of hydrogen-bond acceptors (Lipinski definition) is 4. The van der Waals surface area contributed by atoms with E-state index in [1.165, 1.54) is 12.1 Å². The van der Waals surface area contributed by atoms with Crippen LogP contribution in [0.3, 0.4) is 0 Å². The van der Waals surface area contributed by atoms with Crippen LogP contribution < -0.4 is 5.73 Å². The lowest BCUT2D eigenvalue weighted by atomic mass is 10.2. The fourth-order valence-electron chi connectivity index (χ4n) is 1.34. The van der Waals surface area contributed by atoms with Gasteiger partial charge in [0.25, 0.3) is 5.89 Å². The van der Waals surface area contributed by atoms with Gasteiger partial charge < -0.3 is 10.3 Å². The highest BCUT2D eigenvalue weighted by molar-refractivity contribution is 9.10. The molecule has 17 heavy (non-hydrogen) atoms. The lowest BCUT2D eigenvalue weighted by molar-refractivity contribution is 0.415. The second-order valence-electron chi connectivity index (χ2n) is 3.60. The molecule has 1 aromatic carbocycles. The molecule has 4 nitrogen and oxygen atoms in total. The van der Waals surface area contributed by atoms with Crippen LogP contribution in [0.4, 0.5) is 4.39 Å². The van der Waals surface area contributed by atoms with E-state index in [0.29, 0.717) is 21.8 Å². The van der Waals surface area contributed by atoms with Crippen molar-refractivity contribution in [3.8, 4) is 11.5 Å². The minimum atomic E-state index is -0.328. The molecule has 0 spiro atoms. The van der Waals surface area contributed by atoms with Crippen LogP contribution in [0.15, 0.2) is 27.2 Å². The van der Waals surface area contributed by atoms with Crippen molar-refractivity contribution in [2.75, 3.05) is 0 Å². The van der Waals surface area contributed by atoms with Crippen molar-refractivity contribution in [2.24, 2.45) is 5.73 Å². The van der Waals surface area contributed by atoms with Gasteiger partial charge in [-0.3, -0.25) is 0 Å². The second kappa shape index (κ2) is 4.93. The quantitative estimate of drug-likeness (QED) is 0.946. The maximum Gasteiger partial charge on any atom is 0.259 e. The maximum atomic E-state index is 12.9. The molecule has 2 rings (SSSR count). The smallest absolute Gasteiger partial charge is 0.259 e. The first-order valence-electron chi connectivity index (χ1n) is 5.16. The molecule has 0 amide bonds. The van der Waals surface area contributed by atoms with Crippen molar-refractivity contribution in [1.29, 1.82) is 0 Å². The molecule has 0 aliphatic heterocycles. The molecule has 1 unspecified atom stereocenters. The summed E-state index contributed by atoms with van der Waals surface area (Å²) in [4.78, 5) is 4.19. The van der Waals surface area contributed by atoms with E-state index >= 15 is 0 Å². The van der Waals surface area contributed by atoms with Gasteiger partial charge in [-0.2, -0.15) is 4.98 Å². The van der Waals surface area contributed by atoms with Gasteiger partial charge in [0.1, 0.15) is 5.82 Å². The minimum absolute atomic E-state index is 0.244. The van der Waals surface area contributed by atoms with Crippen LogP contribution in [0.2, 0.25) is 0 Å². The van der Waals surface area contributed by atoms with Crippen LogP contribution in [0.5, 0.6) is 0 Å². The Labute approximate surface area is 106 Å². The van der Waals surface area contributed by atoms with Crippen LogP contribution in [-0.4, -0.2) is 10.1 Å². The topological polar surface area (TPSA) is 64.9 Å². The van der Waals surface area contributed by atoms with E-state index in [2.05, 4.69) is 26.1 Å². The molecule has 90 valence electrons. The monoisotopic (exact) mass is 299 g/mol. The predicted octanol–water partition coefficient (Wildman–Crippen LogP) is 3.05. The Hall–Kier alpha value is -1.27. The van der Waals surface area contributed by atoms with Gasteiger partial charge in [-0.1, -0.05) is 12.1 Å². The van der Waals surface area contributed by atoms with E-state index in [0.717, 1.165) is 6.42 Å². The van der Waals surface area contributed by atoms with Crippen LogP contribution in [-0.2, 0) is 0 Å². The molecular weight excluding hydrogens is 289 g/mol. The average Bonchev–Trinajstić information content (AvgIpc) is 2.77. The average molecular weight is 300 g/mol. The first kappa shape index (κ1) is 12.2. The molecule has 0 aliphatic rings. The van der Waals surface area contributed by atoms with Gasteiger partial charge in [-0.15, -0.1) is 0 Å². The number of halogens is 2. The summed E-state index contributed by atoms with van der Waals surface area (Å²) in [7, 11) is 0. The summed E-state index contributed by atoms with van der Waals surface area (Å²) in [6.07, 6.45) is 0.726. The summed E-state index contributed by atoms with van der Waals surface area (Å²) in [5.41, 5.74) is 6.44. The number of benzene rings is 1. The molecule has 2 aromatic rings. The van der Waals surface area contributed by atoms with Crippen molar-refractivity contribution in [3.05, 3.63) is 34.3 Å². The Morgan fingerprint density at radius 2 is 2.29 bits per heavy atom. The number of rotatable bonds is 3. The molecule has 1 atom stereocenters. The molecule has 0 saturated heterocycles. The van der Waals surface area contributed by atoms with Gasteiger partial charge in [0.15, 0.2) is 5.82 Å². The van der Waals surface area contributed by atoms with Crippen LogP contribution >= 0.6 is 15.9 Å². The van der Waals surface area contributed by atoms with Gasteiger partial charge in [0.2, 0.25) is 0 Å². The number of aromatic nitrogens is 2. The third-order valence-electron chi connectivity index (χ3n) is 2.37. The predicted molar refractivity (Wildman–Crippen MR) is 64.6 cm³/mol. The van der Waals surface area contributed by atoms with Crippen molar-refractivity contribution in [1.82, 2.24) is 10.1 Å². The maximum absolute atomic E-state index is 12.9. The van der Waals surface area contributed by atoms with Gasteiger partial charge in [0.05, 0.1) is 11.6 Å². The summed E-state index contributed by atoms with van der Waals surface area (Å²) in [6.45, 7) is 1.94. The Morgan fingerprint density at radius 3 is 2.94 bits per heavy atom. The zero-order chi connectivity index (χ0) is 12.4. The normalized spacial score (nSPS) is 12.7. The highest BCUT2D eigenvalue weighted by Gasteiger charge is 2.15. The largest absolute Gasteiger partial charge is 0.334 e. The van der Waals surface area contributed by atoms with E-state index in [9.17, 15) is 4.39 Å². The van der Waals surface area contributed by atoms with Crippen LogP contribution in [0.25, 0.3) is 11.5 Å². The van der Waals surface area contributed by atoms with E-state index in [1.807, 2.05) is 6.92 Å². The first-order valence-corrected chi connectivity index (χ1v) is 5.95. The standard InChI is InChI=1S/C11H11BrFN3O/c1-2-9(14)10-15-11(17-16-10)7-4-3-6(13)5-8(7)12/h3-5,9H,2,14H2,1H3. The number of hydrogen-bond donors (Lipinski definition) is 1. The van der Waals surface area contributed by atoms with Gasteiger partial charge >= 0.3 is 0 Å². The van der Waals surface area contributed by atoms with Gasteiger partial charge in [-0.05, 0) is 40.5 Å². The van der Waals surface area contributed by atoms with Crippen molar-refractivity contribution >= 4 is 15.9 Å². The Balaban J connectivity index is 2.37. The fraction of sp³-hybridized carbons (Fsp3) is 0.273. The highest BCUT2D eigenvalue weighted by atomic mass is 79.9. The summed E-state index contributed by atoms with van der Waals surface area (Å²) >= 11 is 3.25. The van der Waals surface area contributed by atoms with Crippen LogP contribution in [0, 0.1) is 5.82 Å². The molecule has 2 N–H and O–H groups in total. The molecule has 0 bridgehead atoms. The highest BCUT2D eigenvalue weighted by Crippen LogP contribution is 2.28. The molecule has 6 heteroatoms. The number of nitrogens with two attached hydrogens (primary N) is 1. The number of nitrogens with zero attached hydrogens (tertiary/aromatic N) is 2. The van der Waals surface area contributed by atoms with E-state index in [-0.39, 0.29) is 11.9 Å². The molecule has 0 fully saturated rings. The SMILES string of the molecule is CCC(N)c1noc(-c2ccc(F)cc2Br)n1. The molecule has 1 aromatic heterocycles.